The van der Waals surface area contributed by atoms with E-state index in [0.717, 1.165) is 17.1 Å². The summed E-state index contributed by atoms with van der Waals surface area (Å²) in [5.74, 6) is 2.83. The fraction of sp³-hybridized carbons (Fsp3) is 0.571. The predicted octanol–water partition coefficient (Wildman–Crippen LogP) is 2.99. The summed E-state index contributed by atoms with van der Waals surface area (Å²) < 4.78 is 10.6. The molecule has 1 aromatic rings. The van der Waals surface area contributed by atoms with Gasteiger partial charge in [-0.3, -0.25) is 0 Å². The van der Waals surface area contributed by atoms with Crippen LogP contribution in [0.15, 0.2) is 18.2 Å². The molecular weight excluding hydrogens is 246 g/mol. The van der Waals surface area contributed by atoms with Crippen LogP contribution in [0.4, 0.5) is 0 Å². The maximum atomic E-state index is 6.38. The molecule has 1 aromatic carbocycles. The Kier molecular flexibility index (Phi) is 4.78. The van der Waals surface area contributed by atoms with Crippen LogP contribution < -0.4 is 15.2 Å². The second-order valence-electron chi connectivity index (χ2n) is 4.58. The van der Waals surface area contributed by atoms with Gasteiger partial charge in [-0.05, 0) is 36.3 Å². The van der Waals surface area contributed by atoms with Gasteiger partial charge in [0.1, 0.15) is 11.5 Å². The second-order valence-corrected chi connectivity index (χ2v) is 5.92. The first-order valence-corrected chi connectivity index (χ1v) is 7.39. The van der Waals surface area contributed by atoms with Crippen LogP contribution in [-0.2, 0) is 0 Å². The van der Waals surface area contributed by atoms with Crippen molar-refractivity contribution in [3.63, 3.8) is 0 Å². The molecule has 1 aliphatic heterocycles. The Labute approximate surface area is 113 Å². The first kappa shape index (κ1) is 13.6. The van der Waals surface area contributed by atoms with Crippen LogP contribution in [0, 0.1) is 0 Å². The van der Waals surface area contributed by atoms with Crippen molar-refractivity contribution in [3.05, 3.63) is 23.8 Å². The van der Waals surface area contributed by atoms with Gasteiger partial charge < -0.3 is 15.2 Å². The lowest BCUT2D eigenvalue weighted by Gasteiger charge is -2.27. The smallest absolute Gasteiger partial charge is 0.122 e. The minimum atomic E-state index is 0.0549. The molecule has 2 unspecified atom stereocenters. The van der Waals surface area contributed by atoms with E-state index >= 15 is 0 Å². The van der Waals surface area contributed by atoms with Gasteiger partial charge in [0.15, 0.2) is 0 Å². The molecule has 1 heterocycles. The van der Waals surface area contributed by atoms with E-state index in [-0.39, 0.29) is 6.04 Å². The van der Waals surface area contributed by atoms with Crippen molar-refractivity contribution in [3.8, 4) is 11.5 Å². The summed E-state index contributed by atoms with van der Waals surface area (Å²) in [6.45, 7) is 0. The molecule has 0 radical (unpaired) electrons. The predicted molar refractivity (Wildman–Crippen MR) is 76.6 cm³/mol. The highest BCUT2D eigenvalue weighted by atomic mass is 32.2. The summed E-state index contributed by atoms with van der Waals surface area (Å²) in [6, 6.07) is 5.97. The summed E-state index contributed by atoms with van der Waals surface area (Å²) in [5, 5.41) is 0.510. The molecule has 4 heteroatoms. The summed E-state index contributed by atoms with van der Waals surface area (Å²) in [7, 11) is 3.33. The zero-order chi connectivity index (χ0) is 13.0. The van der Waals surface area contributed by atoms with Gasteiger partial charge in [-0.15, -0.1) is 0 Å². The summed E-state index contributed by atoms with van der Waals surface area (Å²) in [5.41, 5.74) is 7.49. The van der Waals surface area contributed by atoms with Crippen LogP contribution >= 0.6 is 11.8 Å². The van der Waals surface area contributed by atoms with Gasteiger partial charge in [0.05, 0.1) is 14.2 Å². The first-order valence-electron chi connectivity index (χ1n) is 6.34. The third-order valence-electron chi connectivity index (χ3n) is 3.37. The Morgan fingerprint density at radius 2 is 1.83 bits per heavy atom. The number of rotatable bonds is 4. The van der Waals surface area contributed by atoms with E-state index in [9.17, 15) is 0 Å². The van der Waals surface area contributed by atoms with Crippen molar-refractivity contribution in [2.24, 2.45) is 5.73 Å². The summed E-state index contributed by atoms with van der Waals surface area (Å²) >= 11 is 1.99. The Morgan fingerprint density at radius 3 is 2.33 bits per heavy atom. The van der Waals surface area contributed by atoms with Crippen molar-refractivity contribution in [2.45, 2.75) is 30.6 Å². The van der Waals surface area contributed by atoms with Crippen molar-refractivity contribution in [1.82, 2.24) is 0 Å². The third kappa shape index (κ3) is 3.12. The maximum absolute atomic E-state index is 6.38. The lowest BCUT2D eigenvalue weighted by atomic mass is 10.00. The molecule has 0 spiro atoms. The molecule has 0 amide bonds. The van der Waals surface area contributed by atoms with Crippen molar-refractivity contribution < 1.29 is 9.47 Å². The molecule has 100 valence electrons. The molecular formula is C14H21NO2S. The van der Waals surface area contributed by atoms with E-state index < -0.39 is 0 Å². The summed E-state index contributed by atoms with van der Waals surface area (Å²) in [4.78, 5) is 0. The highest BCUT2D eigenvalue weighted by molar-refractivity contribution is 8.00. The summed E-state index contributed by atoms with van der Waals surface area (Å²) in [6.07, 6.45) is 3.80. The van der Waals surface area contributed by atoms with Gasteiger partial charge in [-0.25, -0.2) is 0 Å². The first-order chi connectivity index (χ1) is 8.74. The molecule has 2 N–H and O–H groups in total. The molecule has 0 saturated carbocycles. The molecule has 18 heavy (non-hydrogen) atoms. The number of ether oxygens (including phenoxy) is 2. The number of methoxy groups -OCH3 is 2. The van der Waals surface area contributed by atoms with Crippen LogP contribution in [0.2, 0.25) is 0 Å². The molecule has 2 atom stereocenters. The highest BCUT2D eigenvalue weighted by Crippen LogP contribution is 2.35. The van der Waals surface area contributed by atoms with Crippen LogP contribution in [-0.4, -0.2) is 25.2 Å². The standard InChI is InChI=1S/C14H21NO2S/c1-16-11-7-10(8-12(9-11)17-2)14(15)13-5-3-4-6-18-13/h7-9,13-14H,3-6,15H2,1-2H3. The topological polar surface area (TPSA) is 44.5 Å². The minimum Gasteiger partial charge on any atom is -0.497 e. The van der Waals surface area contributed by atoms with Crippen LogP contribution in [0.25, 0.3) is 0 Å². The van der Waals surface area contributed by atoms with Gasteiger partial charge in [0.2, 0.25) is 0 Å². The molecule has 2 rings (SSSR count). The van der Waals surface area contributed by atoms with Crippen molar-refractivity contribution in [1.29, 1.82) is 0 Å². The average molecular weight is 267 g/mol. The Morgan fingerprint density at radius 1 is 1.17 bits per heavy atom. The number of thioether (sulfide) groups is 1. The van der Waals surface area contributed by atoms with E-state index in [1.165, 1.54) is 25.0 Å². The van der Waals surface area contributed by atoms with Gasteiger partial charge >= 0.3 is 0 Å². The molecule has 0 bridgehead atoms. The SMILES string of the molecule is COc1cc(OC)cc(C(N)C2CCCCS2)c1. The highest BCUT2D eigenvalue weighted by Gasteiger charge is 2.23. The Bertz CT molecular complexity index is 369. The van der Waals surface area contributed by atoms with E-state index in [1.54, 1.807) is 14.2 Å². The van der Waals surface area contributed by atoms with Crippen molar-refractivity contribution in [2.75, 3.05) is 20.0 Å². The van der Waals surface area contributed by atoms with E-state index in [0.29, 0.717) is 5.25 Å². The molecule has 1 aliphatic rings. The maximum Gasteiger partial charge on any atom is 0.122 e. The van der Waals surface area contributed by atoms with Crippen molar-refractivity contribution >= 4 is 11.8 Å². The second kappa shape index (κ2) is 6.34. The molecule has 1 saturated heterocycles. The number of hydrogen-bond donors (Lipinski definition) is 1. The Balaban J connectivity index is 2.19. The molecule has 3 nitrogen and oxygen atoms in total. The van der Waals surface area contributed by atoms with Crippen LogP contribution in [0.3, 0.4) is 0 Å². The lowest BCUT2D eigenvalue weighted by Crippen LogP contribution is -2.26. The molecule has 0 aromatic heterocycles. The van der Waals surface area contributed by atoms with E-state index in [2.05, 4.69) is 0 Å². The zero-order valence-corrected chi connectivity index (χ0v) is 11.8. The van der Waals surface area contributed by atoms with E-state index in [1.807, 2.05) is 30.0 Å². The van der Waals surface area contributed by atoms with Gasteiger partial charge in [0, 0.05) is 17.4 Å². The van der Waals surface area contributed by atoms with Gasteiger partial charge in [0.25, 0.3) is 0 Å². The Hall–Kier alpha value is -0.870. The number of hydrogen-bond acceptors (Lipinski definition) is 4. The van der Waals surface area contributed by atoms with Gasteiger partial charge in [-0.2, -0.15) is 11.8 Å². The van der Waals surface area contributed by atoms with Gasteiger partial charge in [-0.1, -0.05) is 6.42 Å². The molecule has 1 fully saturated rings. The fourth-order valence-electron chi connectivity index (χ4n) is 2.29. The zero-order valence-electron chi connectivity index (χ0n) is 11.0. The lowest BCUT2D eigenvalue weighted by molar-refractivity contribution is 0.392. The monoisotopic (exact) mass is 267 g/mol. The number of nitrogens with two attached hydrogens (primary N) is 1. The largest absolute Gasteiger partial charge is 0.497 e. The minimum absolute atomic E-state index is 0.0549. The number of benzene rings is 1. The molecule has 0 aliphatic carbocycles. The van der Waals surface area contributed by atoms with E-state index in [4.69, 9.17) is 15.2 Å². The third-order valence-corrected chi connectivity index (χ3v) is 4.86. The quantitative estimate of drug-likeness (QED) is 0.911. The van der Waals surface area contributed by atoms with Crippen LogP contribution in [0.5, 0.6) is 11.5 Å². The van der Waals surface area contributed by atoms with Crippen LogP contribution in [0.1, 0.15) is 30.9 Å². The normalized spacial score (nSPS) is 21.4. The average Bonchev–Trinajstić information content (AvgIpc) is 2.46. The fourth-order valence-corrected chi connectivity index (χ4v) is 3.66.